The van der Waals surface area contributed by atoms with E-state index in [1.165, 1.54) is 16.9 Å². The highest BCUT2D eigenvalue weighted by Crippen LogP contribution is 2.37. The van der Waals surface area contributed by atoms with E-state index in [9.17, 15) is 4.79 Å². The monoisotopic (exact) mass is 302 g/mol. The van der Waals surface area contributed by atoms with Crippen LogP contribution in [0.15, 0.2) is 35.8 Å². The lowest BCUT2D eigenvalue weighted by Gasteiger charge is -2.18. The lowest BCUT2D eigenvalue weighted by atomic mass is 9.98. The first-order valence-electron chi connectivity index (χ1n) is 7.01. The molecule has 21 heavy (non-hydrogen) atoms. The van der Waals surface area contributed by atoms with Gasteiger partial charge in [0.05, 0.1) is 6.54 Å². The molecule has 1 amide bonds. The largest absolute Gasteiger partial charge is 0.361 e. The molecule has 0 saturated heterocycles. The number of thiazole rings is 1. The molecule has 0 saturated carbocycles. The molecule has 1 aromatic heterocycles. The Morgan fingerprint density at radius 2 is 2.33 bits per heavy atom. The van der Waals surface area contributed by atoms with Gasteiger partial charge in [0.1, 0.15) is 0 Å². The van der Waals surface area contributed by atoms with Crippen molar-refractivity contribution in [1.82, 2.24) is 4.98 Å². The van der Waals surface area contributed by atoms with Crippen LogP contribution >= 0.6 is 11.3 Å². The summed E-state index contributed by atoms with van der Waals surface area (Å²) in [4.78, 5) is 18.3. The molecule has 1 atom stereocenters. The quantitative estimate of drug-likeness (QED) is 0.886. The van der Waals surface area contributed by atoms with E-state index in [1.54, 1.807) is 6.20 Å². The van der Waals surface area contributed by atoms with Gasteiger partial charge in [-0.25, -0.2) is 4.98 Å². The summed E-state index contributed by atoms with van der Waals surface area (Å²) in [6.07, 6.45) is 2.63. The van der Waals surface area contributed by atoms with Crippen molar-refractivity contribution >= 4 is 28.1 Å². The maximum atomic E-state index is 12.1. The van der Waals surface area contributed by atoms with Crippen molar-refractivity contribution in [3.63, 3.8) is 0 Å². The van der Waals surface area contributed by atoms with Crippen LogP contribution in [0.5, 0.6) is 0 Å². The first-order chi connectivity index (χ1) is 10.3. The molecule has 1 aromatic carbocycles. The molecule has 3 N–H and O–H groups in total. The number of nitrogens with two attached hydrogens (primary N) is 1. The lowest BCUT2D eigenvalue weighted by Crippen LogP contribution is -2.32. The predicted octanol–water partition coefficient (Wildman–Crippen LogP) is 2.03. The van der Waals surface area contributed by atoms with Gasteiger partial charge in [0, 0.05) is 29.7 Å². The number of nitrogens with one attached hydrogen (secondary N) is 1. The summed E-state index contributed by atoms with van der Waals surface area (Å²) >= 11 is 1.43. The van der Waals surface area contributed by atoms with Crippen molar-refractivity contribution in [2.24, 2.45) is 5.73 Å². The van der Waals surface area contributed by atoms with Gasteiger partial charge in [-0.15, -0.1) is 11.3 Å². The van der Waals surface area contributed by atoms with Crippen LogP contribution < -0.4 is 16.0 Å². The maximum Gasteiger partial charge on any atom is 0.245 e. The molecule has 0 radical (unpaired) electrons. The zero-order valence-corrected chi connectivity index (χ0v) is 12.5. The van der Waals surface area contributed by atoms with Crippen molar-refractivity contribution in [3.8, 4) is 0 Å². The highest BCUT2D eigenvalue weighted by Gasteiger charge is 2.28. The number of anilines is 2. The molecule has 0 spiro atoms. The summed E-state index contributed by atoms with van der Waals surface area (Å²) in [5, 5.41) is 5.32. The molecule has 6 heteroatoms. The van der Waals surface area contributed by atoms with Gasteiger partial charge >= 0.3 is 0 Å². The van der Waals surface area contributed by atoms with Crippen LogP contribution in [-0.2, 0) is 4.79 Å². The fraction of sp³-hybridized carbons (Fsp3) is 0.333. The van der Waals surface area contributed by atoms with Crippen LogP contribution in [0, 0.1) is 0 Å². The zero-order chi connectivity index (χ0) is 14.7. The minimum atomic E-state index is -0.0341. The molecule has 2 aromatic rings. The summed E-state index contributed by atoms with van der Waals surface area (Å²) in [5.74, 6) is 0.381. The maximum absolute atomic E-state index is 12.1. The average molecular weight is 302 g/mol. The van der Waals surface area contributed by atoms with Crippen molar-refractivity contribution < 1.29 is 4.79 Å². The second-order valence-electron chi connectivity index (χ2n) is 5.10. The molecular formula is C15H18N4OS. The Bertz CT molecular complexity index is 614. The van der Waals surface area contributed by atoms with E-state index >= 15 is 0 Å². The Hall–Kier alpha value is -1.92. The van der Waals surface area contributed by atoms with E-state index in [0.717, 1.165) is 18.7 Å². The van der Waals surface area contributed by atoms with Gasteiger partial charge in [-0.1, -0.05) is 18.2 Å². The molecule has 110 valence electrons. The van der Waals surface area contributed by atoms with Gasteiger partial charge in [-0.3, -0.25) is 4.79 Å². The number of para-hydroxylation sites is 1. The highest BCUT2D eigenvalue weighted by molar-refractivity contribution is 7.13. The molecule has 1 unspecified atom stereocenters. The number of hydrogen-bond acceptors (Lipinski definition) is 5. The molecule has 1 aliphatic rings. The molecular weight excluding hydrogens is 284 g/mol. The van der Waals surface area contributed by atoms with Crippen LogP contribution in [0.4, 0.5) is 10.8 Å². The van der Waals surface area contributed by atoms with E-state index in [0.29, 0.717) is 24.1 Å². The number of rotatable bonds is 5. The molecule has 0 fully saturated rings. The number of amides is 1. The van der Waals surface area contributed by atoms with Crippen LogP contribution in [0.2, 0.25) is 0 Å². The van der Waals surface area contributed by atoms with Gasteiger partial charge < -0.3 is 16.0 Å². The second kappa shape index (κ2) is 6.24. The third-order valence-electron chi connectivity index (χ3n) is 3.69. The third kappa shape index (κ3) is 3.06. The summed E-state index contributed by atoms with van der Waals surface area (Å²) in [7, 11) is 0. The average Bonchev–Trinajstić information content (AvgIpc) is 3.09. The molecule has 1 aliphatic heterocycles. The van der Waals surface area contributed by atoms with E-state index in [4.69, 9.17) is 5.73 Å². The Kier molecular flexibility index (Phi) is 4.17. The number of hydrogen-bond donors (Lipinski definition) is 2. The van der Waals surface area contributed by atoms with E-state index in [-0.39, 0.29) is 5.91 Å². The van der Waals surface area contributed by atoms with Crippen molar-refractivity contribution in [2.45, 2.75) is 12.3 Å². The second-order valence-corrected chi connectivity index (χ2v) is 5.99. The Morgan fingerprint density at radius 1 is 1.48 bits per heavy atom. The minimum Gasteiger partial charge on any atom is -0.361 e. The van der Waals surface area contributed by atoms with Gasteiger partial charge in [0.2, 0.25) is 5.91 Å². The number of fused-ring (bicyclic) bond motifs is 1. The third-order valence-corrected chi connectivity index (χ3v) is 4.37. The number of aromatic nitrogens is 1. The fourth-order valence-corrected chi connectivity index (χ4v) is 3.34. The van der Waals surface area contributed by atoms with Gasteiger partial charge in [-0.05, 0) is 24.6 Å². The number of carbonyl (C=O) groups is 1. The summed E-state index contributed by atoms with van der Waals surface area (Å²) in [6, 6.07) is 8.26. The zero-order valence-electron chi connectivity index (χ0n) is 11.7. The molecule has 2 heterocycles. The molecule has 3 rings (SSSR count). The van der Waals surface area contributed by atoms with Gasteiger partial charge in [0.15, 0.2) is 5.13 Å². The van der Waals surface area contributed by atoms with E-state index < -0.39 is 0 Å². The molecule has 5 nitrogen and oxygen atoms in total. The normalized spacial score (nSPS) is 16.8. The molecule has 0 aliphatic carbocycles. The SMILES string of the molecule is NCCC1CN(CC(=O)Nc2nccs2)c2ccccc21. The Morgan fingerprint density at radius 3 is 3.10 bits per heavy atom. The lowest BCUT2D eigenvalue weighted by molar-refractivity contribution is -0.115. The number of nitrogens with zero attached hydrogens (tertiary/aromatic N) is 2. The van der Waals surface area contributed by atoms with Crippen LogP contribution in [0.3, 0.4) is 0 Å². The van der Waals surface area contributed by atoms with Crippen LogP contribution in [-0.4, -0.2) is 30.5 Å². The first kappa shape index (κ1) is 14.0. The molecule has 0 bridgehead atoms. The smallest absolute Gasteiger partial charge is 0.245 e. The van der Waals surface area contributed by atoms with Crippen molar-refractivity contribution in [1.29, 1.82) is 0 Å². The summed E-state index contributed by atoms with van der Waals surface area (Å²) < 4.78 is 0. The van der Waals surface area contributed by atoms with Crippen LogP contribution in [0.25, 0.3) is 0 Å². The summed E-state index contributed by atoms with van der Waals surface area (Å²) in [5.41, 5.74) is 8.14. The minimum absolute atomic E-state index is 0.0341. The number of carbonyl (C=O) groups excluding carboxylic acids is 1. The number of benzene rings is 1. The van der Waals surface area contributed by atoms with E-state index in [2.05, 4.69) is 27.3 Å². The van der Waals surface area contributed by atoms with Gasteiger partial charge in [0.25, 0.3) is 0 Å². The topological polar surface area (TPSA) is 71.2 Å². The van der Waals surface area contributed by atoms with Crippen molar-refractivity contribution in [3.05, 3.63) is 41.4 Å². The standard InChI is InChI=1S/C15H18N4OS/c16-6-5-11-9-19(13-4-2-1-3-12(11)13)10-14(20)18-15-17-7-8-21-15/h1-4,7-8,11H,5-6,9-10,16H2,(H,17,18,20). The summed E-state index contributed by atoms with van der Waals surface area (Å²) in [6.45, 7) is 1.86. The first-order valence-corrected chi connectivity index (χ1v) is 7.89. The fourth-order valence-electron chi connectivity index (χ4n) is 2.80. The van der Waals surface area contributed by atoms with Crippen LogP contribution in [0.1, 0.15) is 17.9 Å². The highest BCUT2D eigenvalue weighted by atomic mass is 32.1. The predicted molar refractivity (Wildman–Crippen MR) is 85.8 cm³/mol. The van der Waals surface area contributed by atoms with E-state index in [1.807, 2.05) is 17.5 Å². The van der Waals surface area contributed by atoms with Gasteiger partial charge in [-0.2, -0.15) is 0 Å². The Labute approximate surface area is 127 Å². The Balaban J connectivity index is 1.70. The van der Waals surface area contributed by atoms with Crippen molar-refractivity contribution in [2.75, 3.05) is 29.9 Å².